The molecule has 1 spiro atoms. The highest BCUT2D eigenvalue weighted by Gasteiger charge is 2.51. The summed E-state index contributed by atoms with van der Waals surface area (Å²) < 4.78 is 19.4. The first kappa shape index (κ1) is 41.3. The molecule has 0 N–H and O–H groups in total. The Morgan fingerprint density at radius 2 is 0.658 bits per heavy atom. The van der Waals surface area contributed by atoms with Crippen molar-refractivity contribution in [3.8, 4) is 78.7 Å². The van der Waals surface area contributed by atoms with Crippen molar-refractivity contribution < 1.29 is 13.3 Å². The largest absolute Gasteiger partial charge is 0.456 e. The van der Waals surface area contributed by atoms with Crippen LogP contribution in [0, 0.1) is 0 Å². The average Bonchev–Trinajstić information content (AvgIpc) is 4.48. The van der Waals surface area contributed by atoms with Gasteiger partial charge in [0.25, 0.3) is 0 Å². The van der Waals surface area contributed by atoms with Crippen molar-refractivity contribution in [2.45, 2.75) is 5.41 Å². The SMILES string of the molecule is c1ccc2c(c1)-c1ccccc1C21c2ccccc2-c2cc(-c3ccc(-c4ccc5oc6cccc(-c7nc(-c8ccc9c(c8)oc8ccccc89)nc(-c8cccc9oc%10ccccc%10c89)n7)c6c5c4)cc3)ccc21. The monoisotopic (exact) mass is 969 g/mol. The number of hydrogen-bond donors (Lipinski definition) is 0. The predicted molar refractivity (Wildman–Crippen MR) is 305 cm³/mol. The van der Waals surface area contributed by atoms with Crippen molar-refractivity contribution in [1.29, 1.82) is 0 Å². The van der Waals surface area contributed by atoms with E-state index in [2.05, 4.69) is 170 Å². The lowest BCUT2D eigenvalue weighted by Gasteiger charge is -2.30. The molecule has 0 bridgehead atoms. The highest BCUT2D eigenvalue weighted by atomic mass is 16.3. The molecule has 0 radical (unpaired) electrons. The van der Waals surface area contributed by atoms with Crippen LogP contribution in [-0.4, -0.2) is 15.0 Å². The third-order valence-electron chi connectivity index (χ3n) is 16.2. The van der Waals surface area contributed by atoms with Crippen molar-refractivity contribution >= 4 is 65.8 Å². The average molecular weight is 970 g/mol. The summed E-state index contributed by atoms with van der Waals surface area (Å²) in [5.41, 5.74) is 22.0. The van der Waals surface area contributed by atoms with Gasteiger partial charge in [-0.05, 0) is 121 Å². The van der Waals surface area contributed by atoms with Crippen LogP contribution < -0.4 is 0 Å². The molecule has 2 aliphatic carbocycles. The summed E-state index contributed by atoms with van der Waals surface area (Å²) in [6.45, 7) is 0. The third-order valence-corrected chi connectivity index (χ3v) is 16.2. The molecule has 0 atom stereocenters. The van der Waals surface area contributed by atoms with E-state index < -0.39 is 0 Å². The van der Waals surface area contributed by atoms with E-state index in [0.29, 0.717) is 17.5 Å². The van der Waals surface area contributed by atoms with Crippen LogP contribution >= 0.6 is 0 Å². The van der Waals surface area contributed by atoms with E-state index in [4.69, 9.17) is 28.2 Å². The zero-order valence-electron chi connectivity index (χ0n) is 40.6. The number of hydrogen-bond acceptors (Lipinski definition) is 6. The fourth-order valence-corrected chi connectivity index (χ4v) is 12.9. The Hall–Kier alpha value is -10.2. The second-order valence-corrected chi connectivity index (χ2v) is 20.1. The van der Waals surface area contributed by atoms with Gasteiger partial charge in [0.05, 0.1) is 5.41 Å². The fraction of sp³-hybridized carbons (Fsp3) is 0.0143. The van der Waals surface area contributed by atoms with Gasteiger partial charge in [-0.25, -0.2) is 15.0 Å². The van der Waals surface area contributed by atoms with Crippen LogP contribution in [0.2, 0.25) is 0 Å². The van der Waals surface area contributed by atoms with Crippen LogP contribution in [0.1, 0.15) is 22.3 Å². The molecule has 0 saturated carbocycles. The molecule has 0 unspecified atom stereocenters. The van der Waals surface area contributed by atoms with Crippen molar-refractivity contribution in [3.63, 3.8) is 0 Å². The summed E-state index contributed by atoms with van der Waals surface area (Å²) in [5.74, 6) is 1.59. The second kappa shape index (κ2) is 15.4. The molecule has 0 aliphatic heterocycles. The van der Waals surface area contributed by atoms with E-state index >= 15 is 0 Å². The lowest BCUT2D eigenvalue weighted by Crippen LogP contribution is -2.25. The second-order valence-electron chi connectivity index (χ2n) is 20.1. The lowest BCUT2D eigenvalue weighted by molar-refractivity contribution is 0.668. The van der Waals surface area contributed by atoms with Crippen molar-refractivity contribution in [2.75, 3.05) is 0 Å². The Bertz CT molecular complexity index is 4910. The van der Waals surface area contributed by atoms with Gasteiger partial charge >= 0.3 is 0 Å². The summed E-state index contributed by atoms with van der Waals surface area (Å²) in [4.78, 5) is 15.9. The molecular formula is C70H39N3O3. The van der Waals surface area contributed by atoms with Gasteiger partial charge in [0.2, 0.25) is 0 Å². The Balaban J connectivity index is 0.783. The molecule has 6 nitrogen and oxygen atoms in total. The van der Waals surface area contributed by atoms with Crippen molar-refractivity contribution in [3.05, 3.63) is 259 Å². The van der Waals surface area contributed by atoms with E-state index in [1.807, 2.05) is 66.7 Å². The van der Waals surface area contributed by atoms with Crippen LogP contribution in [0.5, 0.6) is 0 Å². The summed E-state index contributed by atoms with van der Waals surface area (Å²) in [5, 5.41) is 5.96. The molecule has 2 aliphatic rings. The van der Waals surface area contributed by atoms with Crippen LogP contribution in [0.15, 0.2) is 250 Å². The number of rotatable bonds is 5. The highest BCUT2D eigenvalue weighted by Crippen LogP contribution is 2.63. The molecule has 4 heterocycles. The zero-order chi connectivity index (χ0) is 49.6. The van der Waals surface area contributed by atoms with Gasteiger partial charge in [0.1, 0.15) is 33.5 Å². The summed E-state index contributed by atoms with van der Waals surface area (Å²) in [6, 6.07) is 84.0. The van der Waals surface area contributed by atoms with E-state index in [-0.39, 0.29) is 5.41 Å². The Labute approximate surface area is 434 Å². The smallest absolute Gasteiger partial charge is 0.164 e. The highest BCUT2D eigenvalue weighted by molar-refractivity contribution is 6.14. The van der Waals surface area contributed by atoms with Gasteiger partial charge in [-0.15, -0.1) is 0 Å². The first-order valence-corrected chi connectivity index (χ1v) is 25.7. The minimum absolute atomic E-state index is 0.360. The first-order valence-electron chi connectivity index (χ1n) is 25.7. The number of furan rings is 3. The summed E-state index contributed by atoms with van der Waals surface area (Å²) in [7, 11) is 0. The van der Waals surface area contributed by atoms with E-state index in [1.54, 1.807) is 0 Å². The molecule has 17 rings (SSSR count). The summed E-state index contributed by atoms with van der Waals surface area (Å²) >= 11 is 0. The summed E-state index contributed by atoms with van der Waals surface area (Å²) in [6.07, 6.45) is 0. The van der Waals surface area contributed by atoms with Crippen LogP contribution in [0.3, 0.4) is 0 Å². The molecule has 11 aromatic carbocycles. The van der Waals surface area contributed by atoms with Crippen molar-refractivity contribution in [1.82, 2.24) is 15.0 Å². The van der Waals surface area contributed by atoms with E-state index in [1.165, 1.54) is 50.1 Å². The number of aromatic nitrogens is 3. The van der Waals surface area contributed by atoms with Gasteiger partial charge < -0.3 is 13.3 Å². The normalized spacial score (nSPS) is 13.1. The van der Waals surface area contributed by atoms with Crippen LogP contribution in [0.4, 0.5) is 0 Å². The predicted octanol–water partition coefficient (Wildman–Crippen LogP) is 18.2. The van der Waals surface area contributed by atoms with E-state index in [9.17, 15) is 0 Å². The van der Waals surface area contributed by atoms with Crippen LogP contribution in [0.25, 0.3) is 144 Å². The molecule has 0 saturated heterocycles. The maximum absolute atomic E-state index is 6.62. The molecule has 0 amide bonds. The molecule has 352 valence electrons. The Morgan fingerprint density at radius 1 is 0.237 bits per heavy atom. The quantitative estimate of drug-likeness (QED) is 0.171. The zero-order valence-corrected chi connectivity index (χ0v) is 40.6. The van der Waals surface area contributed by atoms with Crippen LogP contribution in [-0.2, 0) is 5.41 Å². The van der Waals surface area contributed by atoms with Gasteiger partial charge in [0.15, 0.2) is 17.5 Å². The minimum Gasteiger partial charge on any atom is -0.456 e. The Morgan fingerprint density at radius 3 is 1.32 bits per heavy atom. The molecule has 4 aromatic heterocycles. The maximum atomic E-state index is 6.62. The molecular weight excluding hydrogens is 931 g/mol. The molecule has 6 heteroatoms. The molecule has 0 fully saturated rings. The van der Waals surface area contributed by atoms with Gasteiger partial charge in [0, 0.05) is 49.0 Å². The van der Waals surface area contributed by atoms with Gasteiger partial charge in [-0.3, -0.25) is 0 Å². The minimum atomic E-state index is -0.360. The van der Waals surface area contributed by atoms with E-state index in [0.717, 1.165) is 99.2 Å². The first-order chi connectivity index (χ1) is 37.6. The number of nitrogens with zero attached hydrogens (tertiary/aromatic N) is 3. The standard InChI is InChI=1S/C70H39N3O3/c1-6-20-55-45(13-1)46-14-2-7-21-56(46)70(55)57-22-8-3-15-47(57)53-37-42(32-35-58(53)70)40-27-29-41(30-28-40)43-33-36-61-54(38-43)66-52(19-12-26-63(66)75-61)69-72-67(44-31-34-49-48-16-4-9-23-59(48)76-64(49)39-44)71-68(73-69)51-18-11-25-62-65(51)50-17-5-10-24-60(50)74-62/h1-39H. The lowest BCUT2D eigenvalue weighted by atomic mass is 9.70. The Kier molecular flexibility index (Phi) is 8.39. The fourth-order valence-electron chi connectivity index (χ4n) is 12.9. The van der Waals surface area contributed by atoms with Gasteiger partial charge in [-0.1, -0.05) is 182 Å². The number of para-hydroxylation sites is 2. The maximum Gasteiger partial charge on any atom is 0.164 e. The molecule has 15 aromatic rings. The molecule has 76 heavy (non-hydrogen) atoms. The number of benzene rings is 11. The third kappa shape index (κ3) is 5.72. The number of fused-ring (bicyclic) bond motifs is 19. The van der Waals surface area contributed by atoms with Gasteiger partial charge in [-0.2, -0.15) is 0 Å². The van der Waals surface area contributed by atoms with Crippen molar-refractivity contribution in [2.24, 2.45) is 0 Å². The topological polar surface area (TPSA) is 78.1 Å².